The number of benzene rings is 2. The van der Waals surface area contributed by atoms with Gasteiger partial charge < -0.3 is 9.47 Å². The Morgan fingerprint density at radius 2 is 1.80 bits per heavy atom. The van der Waals surface area contributed by atoms with Crippen LogP contribution < -0.4 is 15.0 Å². The van der Waals surface area contributed by atoms with Crippen molar-refractivity contribution in [1.29, 1.82) is 0 Å². The molecule has 6 heteroatoms. The normalized spacial score (nSPS) is 14.0. The highest BCUT2D eigenvalue weighted by Crippen LogP contribution is 2.36. The molecular weight excluding hydrogens is 456 g/mol. The number of methoxy groups -OCH3 is 1. The van der Waals surface area contributed by atoms with E-state index in [1.165, 1.54) is 12.8 Å². The van der Waals surface area contributed by atoms with Gasteiger partial charge in [0, 0.05) is 17.1 Å². The molecule has 4 aromatic rings. The summed E-state index contributed by atoms with van der Waals surface area (Å²) in [4.78, 5) is 18.4. The fraction of sp³-hybridized carbons (Fsp3) is 0.207. The molecule has 0 amide bonds. The van der Waals surface area contributed by atoms with Gasteiger partial charge in [-0.1, -0.05) is 54.7 Å². The number of ether oxygens (including phenoxy) is 2. The summed E-state index contributed by atoms with van der Waals surface area (Å²) in [5.74, 6) is 1.42. The summed E-state index contributed by atoms with van der Waals surface area (Å²) in [6.45, 7) is 0. The Balaban J connectivity index is 1.63. The number of fused-ring (bicyclic) bond motifs is 1. The van der Waals surface area contributed by atoms with Crippen molar-refractivity contribution >= 4 is 35.4 Å². The van der Waals surface area contributed by atoms with E-state index in [4.69, 9.17) is 26.7 Å². The monoisotopic (exact) mass is 482 g/mol. The predicted molar refractivity (Wildman–Crippen MR) is 144 cm³/mol. The van der Waals surface area contributed by atoms with Crippen LogP contribution in [-0.4, -0.2) is 28.0 Å². The maximum atomic E-state index is 13.5. The molecule has 1 saturated carbocycles. The fourth-order valence-corrected chi connectivity index (χ4v) is 4.68. The molecule has 5 rings (SSSR count). The number of aromatic nitrogens is 2. The Hall–Kier alpha value is -3.77. The van der Waals surface area contributed by atoms with Crippen molar-refractivity contribution < 1.29 is 9.47 Å². The number of para-hydroxylation sites is 1. The summed E-state index contributed by atoms with van der Waals surface area (Å²) in [5, 5.41) is 1.62. The van der Waals surface area contributed by atoms with E-state index >= 15 is 0 Å². The van der Waals surface area contributed by atoms with E-state index < -0.39 is 0 Å². The van der Waals surface area contributed by atoms with Crippen LogP contribution in [0.1, 0.15) is 42.5 Å². The largest absolute Gasteiger partial charge is 0.493 e. The van der Waals surface area contributed by atoms with Crippen LogP contribution in [0, 0.1) is 0 Å². The number of nitrogens with zero attached hydrogens (tertiary/aromatic N) is 2. The van der Waals surface area contributed by atoms with Gasteiger partial charge in [-0.2, -0.15) is 0 Å². The number of thiocarbonyl (C=S) groups is 1. The van der Waals surface area contributed by atoms with E-state index in [0.717, 1.165) is 35.3 Å². The van der Waals surface area contributed by atoms with Crippen molar-refractivity contribution in [1.82, 2.24) is 9.38 Å². The summed E-state index contributed by atoms with van der Waals surface area (Å²) in [7, 11) is 1.65. The standard InChI is InChI=1S/C29H26N2O3S/c1-33-25-10-6-7-22(28(25)34-23-8-2-3-9-23)16-17-24-27(21-14-12-20(19-35)13-15-21)29(32)31-18-5-4-11-26(31)30-24/h4-7,10-19,23H,2-3,8-9H2,1H3. The van der Waals surface area contributed by atoms with E-state index in [0.29, 0.717) is 22.7 Å². The van der Waals surface area contributed by atoms with Gasteiger partial charge in [-0.15, -0.1) is 0 Å². The molecule has 1 aliphatic carbocycles. The number of hydrogen-bond acceptors (Lipinski definition) is 5. The molecule has 0 N–H and O–H groups in total. The average molecular weight is 483 g/mol. The molecule has 35 heavy (non-hydrogen) atoms. The van der Waals surface area contributed by atoms with Gasteiger partial charge in [-0.25, -0.2) is 4.98 Å². The molecular formula is C29H26N2O3S. The minimum absolute atomic E-state index is 0.126. The summed E-state index contributed by atoms with van der Waals surface area (Å²) < 4.78 is 13.5. The molecule has 1 aliphatic rings. The summed E-state index contributed by atoms with van der Waals surface area (Å²) in [6, 6.07) is 19.0. The topological polar surface area (TPSA) is 52.8 Å². The van der Waals surface area contributed by atoms with Crippen LogP contribution >= 0.6 is 12.2 Å². The zero-order chi connectivity index (χ0) is 24.2. The molecule has 0 bridgehead atoms. The second-order valence-electron chi connectivity index (χ2n) is 8.58. The molecule has 176 valence electrons. The first-order valence-electron chi connectivity index (χ1n) is 11.8. The van der Waals surface area contributed by atoms with Gasteiger partial charge in [-0.3, -0.25) is 9.20 Å². The van der Waals surface area contributed by atoms with Gasteiger partial charge in [0.25, 0.3) is 5.56 Å². The van der Waals surface area contributed by atoms with Crippen LogP contribution in [0.5, 0.6) is 11.5 Å². The molecule has 0 unspecified atom stereocenters. The lowest BCUT2D eigenvalue weighted by Gasteiger charge is -2.18. The molecule has 2 aromatic heterocycles. The first-order valence-corrected chi connectivity index (χ1v) is 12.2. The zero-order valence-corrected chi connectivity index (χ0v) is 20.3. The van der Waals surface area contributed by atoms with Crippen LogP contribution in [0.2, 0.25) is 0 Å². The van der Waals surface area contributed by atoms with Gasteiger partial charge in [-0.05, 0) is 67.2 Å². The quantitative estimate of drug-likeness (QED) is 0.293. The Morgan fingerprint density at radius 1 is 1.00 bits per heavy atom. The van der Waals surface area contributed by atoms with Crippen molar-refractivity contribution in [3.8, 4) is 22.6 Å². The zero-order valence-electron chi connectivity index (χ0n) is 19.5. The summed E-state index contributed by atoms with van der Waals surface area (Å²) in [6.07, 6.45) is 10.2. The van der Waals surface area contributed by atoms with Crippen LogP contribution in [-0.2, 0) is 0 Å². The highest BCUT2D eigenvalue weighted by atomic mass is 32.1. The maximum absolute atomic E-state index is 13.5. The molecule has 2 heterocycles. The highest BCUT2D eigenvalue weighted by molar-refractivity contribution is 7.79. The second-order valence-corrected chi connectivity index (χ2v) is 8.82. The minimum Gasteiger partial charge on any atom is -0.493 e. The van der Waals surface area contributed by atoms with E-state index in [2.05, 4.69) is 0 Å². The molecule has 0 spiro atoms. The van der Waals surface area contributed by atoms with Crippen LogP contribution in [0.3, 0.4) is 0 Å². The third-order valence-corrected chi connectivity index (χ3v) is 6.61. The molecule has 0 atom stereocenters. The third kappa shape index (κ3) is 4.75. The molecule has 0 aliphatic heterocycles. The predicted octanol–water partition coefficient (Wildman–Crippen LogP) is 6.21. The number of rotatable bonds is 7. The Kier molecular flexibility index (Phi) is 6.73. The number of pyridine rings is 1. The Labute approximate surface area is 209 Å². The van der Waals surface area contributed by atoms with Crippen molar-refractivity contribution in [2.24, 2.45) is 0 Å². The summed E-state index contributed by atoms with van der Waals surface area (Å²) in [5.41, 5.74) is 4.16. The van der Waals surface area contributed by atoms with Gasteiger partial charge in [0.2, 0.25) is 0 Å². The smallest absolute Gasteiger partial charge is 0.266 e. The highest BCUT2D eigenvalue weighted by Gasteiger charge is 2.20. The lowest BCUT2D eigenvalue weighted by molar-refractivity contribution is 0.200. The SMILES string of the molecule is COc1cccc(C=Cc2nc3ccccn3c(=O)c2-c2ccc(C=S)cc2)c1OC1CCCC1. The van der Waals surface area contributed by atoms with E-state index in [-0.39, 0.29) is 11.7 Å². The lowest BCUT2D eigenvalue weighted by Crippen LogP contribution is -2.18. The van der Waals surface area contributed by atoms with E-state index in [1.54, 1.807) is 23.1 Å². The molecule has 1 fully saturated rings. The molecule has 0 radical (unpaired) electrons. The van der Waals surface area contributed by atoms with E-state index in [9.17, 15) is 4.79 Å². The van der Waals surface area contributed by atoms with Crippen molar-refractivity contribution in [3.05, 3.63) is 94.0 Å². The second kappa shape index (κ2) is 10.2. The Bertz CT molecular complexity index is 1450. The van der Waals surface area contributed by atoms with Crippen molar-refractivity contribution in [2.75, 3.05) is 7.11 Å². The minimum atomic E-state index is -0.126. The maximum Gasteiger partial charge on any atom is 0.266 e. The first kappa shape index (κ1) is 23.0. The van der Waals surface area contributed by atoms with Gasteiger partial charge in [0.1, 0.15) is 5.65 Å². The van der Waals surface area contributed by atoms with Crippen molar-refractivity contribution in [3.63, 3.8) is 0 Å². The van der Waals surface area contributed by atoms with Gasteiger partial charge >= 0.3 is 0 Å². The molecule has 0 saturated heterocycles. The summed E-state index contributed by atoms with van der Waals surface area (Å²) >= 11 is 5.04. The van der Waals surface area contributed by atoms with Crippen LogP contribution in [0.4, 0.5) is 0 Å². The molecule has 2 aromatic carbocycles. The number of hydrogen-bond donors (Lipinski definition) is 0. The average Bonchev–Trinajstić information content (AvgIpc) is 3.41. The fourth-order valence-electron chi connectivity index (χ4n) is 4.52. The molecule has 5 nitrogen and oxygen atoms in total. The van der Waals surface area contributed by atoms with Gasteiger partial charge in [0.15, 0.2) is 11.5 Å². The van der Waals surface area contributed by atoms with Gasteiger partial charge in [0.05, 0.1) is 24.5 Å². The van der Waals surface area contributed by atoms with Crippen LogP contribution in [0.15, 0.2) is 71.7 Å². The van der Waals surface area contributed by atoms with Crippen molar-refractivity contribution in [2.45, 2.75) is 31.8 Å². The first-order chi connectivity index (χ1) is 17.2. The van der Waals surface area contributed by atoms with E-state index in [1.807, 2.05) is 72.8 Å². The third-order valence-electron chi connectivity index (χ3n) is 6.33. The lowest BCUT2D eigenvalue weighted by atomic mass is 10.0. The van der Waals surface area contributed by atoms with Crippen LogP contribution in [0.25, 0.3) is 28.9 Å². The Morgan fingerprint density at radius 3 is 2.54 bits per heavy atom.